The minimum Gasteiger partial charge on any atom is -0.462 e. The quantitative estimate of drug-likeness (QED) is 0.854. The van der Waals surface area contributed by atoms with E-state index in [1.54, 1.807) is 32.0 Å². The number of rotatable bonds is 3. The molecule has 0 unspecified atom stereocenters. The topological polar surface area (TPSA) is 59.2 Å². The van der Waals surface area contributed by atoms with Crippen LogP contribution in [0.1, 0.15) is 28.5 Å². The van der Waals surface area contributed by atoms with Crippen LogP contribution in [-0.2, 0) is 4.74 Å². The van der Waals surface area contributed by atoms with E-state index in [-0.39, 0.29) is 12.2 Å². The lowest BCUT2D eigenvalue weighted by Gasteiger charge is -2.14. The van der Waals surface area contributed by atoms with E-state index in [1.165, 1.54) is 0 Å². The van der Waals surface area contributed by atoms with Gasteiger partial charge in [0.1, 0.15) is 5.56 Å². The summed E-state index contributed by atoms with van der Waals surface area (Å²) in [7, 11) is 0. The van der Waals surface area contributed by atoms with Crippen LogP contribution in [0.2, 0.25) is 10.0 Å². The predicted octanol–water partition coefficient (Wildman–Crippen LogP) is 4.14. The van der Waals surface area contributed by atoms with Crippen LogP contribution in [0.15, 0.2) is 23.0 Å². The molecule has 1 aromatic carbocycles. The zero-order valence-electron chi connectivity index (χ0n) is 12.4. The SMILES string of the molecule is CCOC(=O)c1c(-c2ccc(Cl)c(Cl)c2)c(C)c(C)[nH]c1=O. The number of aryl methyl sites for hydroxylation is 1. The third kappa shape index (κ3) is 3.03. The van der Waals surface area contributed by atoms with Crippen LogP contribution in [0.3, 0.4) is 0 Å². The van der Waals surface area contributed by atoms with Crippen LogP contribution < -0.4 is 5.56 Å². The molecule has 0 saturated carbocycles. The van der Waals surface area contributed by atoms with Crippen LogP contribution in [0, 0.1) is 13.8 Å². The number of pyridine rings is 1. The summed E-state index contributed by atoms with van der Waals surface area (Å²) < 4.78 is 5.00. The second-order valence-corrected chi connectivity index (χ2v) is 5.62. The zero-order valence-corrected chi connectivity index (χ0v) is 13.9. The number of halogens is 2. The lowest BCUT2D eigenvalue weighted by atomic mass is 9.95. The second kappa shape index (κ2) is 6.55. The molecule has 0 amide bonds. The van der Waals surface area contributed by atoms with Crippen molar-refractivity contribution in [2.45, 2.75) is 20.8 Å². The Hall–Kier alpha value is -1.78. The first-order valence-electron chi connectivity index (χ1n) is 6.72. The fourth-order valence-corrected chi connectivity index (χ4v) is 2.52. The van der Waals surface area contributed by atoms with Gasteiger partial charge in [0.15, 0.2) is 0 Å². The highest BCUT2D eigenvalue weighted by molar-refractivity contribution is 6.42. The molecular weight excluding hydrogens is 325 g/mol. The number of nitrogens with one attached hydrogen (secondary N) is 1. The molecule has 1 heterocycles. The van der Waals surface area contributed by atoms with Gasteiger partial charge in [0, 0.05) is 11.3 Å². The number of hydrogen-bond acceptors (Lipinski definition) is 3. The number of carbonyl (C=O) groups excluding carboxylic acids is 1. The third-order valence-electron chi connectivity index (χ3n) is 3.40. The molecule has 1 aromatic heterocycles. The number of esters is 1. The largest absolute Gasteiger partial charge is 0.462 e. The summed E-state index contributed by atoms with van der Waals surface area (Å²) >= 11 is 12.0. The molecule has 0 atom stereocenters. The van der Waals surface area contributed by atoms with E-state index in [2.05, 4.69) is 4.98 Å². The molecule has 0 radical (unpaired) electrons. The third-order valence-corrected chi connectivity index (χ3v) is 4.14. The summed E-state index contributed by atoms with van der Waals surface area (Å²) in [5, 5.41) is 0.758. The normalized spacial score (nSPS) is 10.6. The highest BCUT2D eigenvalue weighted by Gasteiger charge is 2.22. The summed E-state index contributed by atoms with van der Waals surface area (Å²) in [5.41, 5.74) is 2.11. The maximum absolute atomic E-state index is 12.2. The number of benzene rings is 1. The lowest BCUT2D eigenvalue weighted by Crippen LogP contribution is -2.23. The Balaban J connectivity index is 2.80. The molecule has 22 heavy (non-hydrogen) atoms. The van der Waals surface area contributed by atoms with Crippen molar-refractivity contribution in [1.82, 2.24) is 4.98 Å². The molecule has 2 rings (SSSR count). The van der Waals surface area contributed by atoms with Crippen molar-refractivity contribution in [3.05, 3.63) is 55.4 Å². The van der Waals surface area contributed by atoms with E-state index in [0.29, 0.717) is 26.9 Å². The molecule has 0 fully saturated rings. The highest BCUT2D eigenvalue weighted by Crippen LogP contribution is 2.32. The summed E-state index contributed by atoms with van der Waals surface area (Å²) in [5.74, 6) is -0.659. The number of ether oxygens (including phenoxy) is 1. The summed E-state index contributed by atoms with van der Waals surface area (Å²) in [6, 6.07) is 4.98. The van der Waals surface area contributed by atoms with Crippen molar-refractivity contribution in [3.8, 4) is 11.1 Å². The Kier molecular flexibility index (Phi) is 4.94. The number of hydrogen-bond donors (Lipinski definition) is 1. The van der Waals surface area contributed by atoms with Gasteiger partial charge < -0.3 is 9.72 Å². The van der Waals surface area contributed by atoms with Gasteiger partial charge in [-0.25, -0.2) is 4.79 Å². The number of aromatic nitrogens is 1. The minimum absolute atomic E-state index is 0.0247. The molecule has 6 heteroatoms. The predicted molar refractivity (Wildman–Crippen MR) is 87.9 cm³/mol. The van der Waals surface area contributed by atoms with E-state index in [9.17, 15) is 9.59 Å². The van der Waals surface area contributed by atoms with Gasteiger partial charge in [-0.15, -0.1) is 0 Å². The van der Waals surface area contributed by atoms with Crippen molar-refractivity contribution in [2.75, 3.05) is 6.61 Å². The Morgan fingerprint density at radius 2 is 1.91 bits per heavy atom. The van der Waals surface area contributed by atoms with Crippen LogP contribution in [0.5, 0.6) is 0 Å². The Bertz CT molecular complexity index is 797. The van der Waals surface area contributed by atoms with Crippen LogP contribution >= 0.6 is 23.2 Å². The van der Waals surface area contributed by atoms with Gasteiger partial charge >= 0.3 is 5.97 Å². The number of carbonyl (C=O) groups is 1. The van der Waals surface area contributed by atoms with Gasteiger partial charge in [0.25, 0.3) is 5.56 Å². The molecule has 0 aliphatic carbocycles. The van der Waals surface area contributed by atoms with E-state index in [0.717, 1.165) is 5.56 Å². The maximum atomic E-state index is 12.2. The van der Waals surface area contributed by atoms with E-state index >= 15 is 0 Å². The van der Waals surface area contributed by atoms with E-state index in [4.69, 9.17) is 27.9 Å². The molecular formula is C16H15Cl2NO3. The Morgan fingerprint density at radius 1 is 1.23 bits per heavy atom. The van der Waals surface area contributed by atoms with Crippen LogP contribution in [0.4, 0.5) is 0 Å². The molecule has 4 nitrogen and oxygen atoms in total. The average Bonchev–Trinajstić information content (AvgIpc) is 2.45. The molecule has 2 aromatic rings. The van der Waals surface area contributed by atoms with Gasteiger partial charge in [-0.1, -0.05) is 29.3 Å². The molecule has 0 saturated heterocycles. The first kappa shape index (κ1) is 16.6. The van der Waals surface area contributed by atoms with Crippen molar-refractivity contribution in [3.63, 3.8) is 0 Å². The van der Waals surface area contributed by atoms with Crippen molar-refractivity contribution in [1.29, 1.82) is 0 Å². The Morgan fingerprint density at radius 3 is 2.50 bits per heavy atom. The smallest absolute Gasteiger partial charge is 0.344 e. The van der Waals surface area contributed by atoms with E-state index < -0.39 is 11.5 Å². The van der Waals surface area contributed by atoms with Crippen molar-refractivity contribution >= 4 is 29.2 Å². The van der Waals surface area contributed by atoms with Crippen LogP contribution in [0.25, 0.3) is 11.1 Å². The monoisotopic (exact) mass is 339 g/mol. The van der Waals surface area contributed by atoms with Gasteiger partial charge in [-0.3, -0.25) is 4.79 Å². The van der Waals surface area contributed by atoms with Gasteiger partial charge in [0.05, 0.1) is 16.7 Å². The van der Waals surface area contributed by atoms with Crippen molar-refractivity contribution in [2.24, 2.45) is 0 Å². The molecule has 0 spiro atoms. The van der Waals surface area contributed by atoms with Gasteiger partial charge in [-0.05, 0) is 44.0 Å². The number of H-pyrrole nitrogens is 1. The molecule has 1 N–H and O–H groups in total. The molecule has 116 valence electrons. The second-order valence-electron chi connectivity index (χ2n) is 4.80. The summed E-state index contributed by atoms with van der Waals surface area (Å²) in [4.78, 5) is 27.1. The first-order chi connectivity index (χ1) is 10.4. The van der Waals surface area contributed by atoms with Gasteiger partial charge in [-0.2, -0.15) is 0 Å². The average molecular weight is 340 g/mol. The maximum Gasteiger partial charge on any atom is 0.344 e. The molecule has 0 bridgehead atoms. The summed E-state index contributed by atoms with van der Waals surface area (Å²) in [6.45, 7) is 5.47. The zero-order chi connectivity index (χ0) is 16.4. The van der Waals surface area contributed by atoms with Gasteiger partial charge in [0.2, 0.25) is 0 Å². The molecule has 0 aliphatic heterocycles. The lowest BCUT2D eigenvalue weighted by molar-refractivity contribution is 0.0525. The van der Waals surface area contributed by atoms with E-state index in [1.807, 2.05) is 6.92 Å². The Labute approximate surface area is 138 Å². The molecule has 0 aliphatic rings. The minimum atomic E-state index is -0.659. The fraction of sp³-hybridized carbons (Fsp3) is 0.250. The van der Waals surface area contributed by atoms with Crippen molar-refractivity contribution < 1.29 is 9.53 Å². The highest BCUT2D eigenvalue weighted by atomic mass is 35.5. The first-order valence-corrected chi connectivity index (χ1v) is 7.48. The standard InChI is InChI=1S/C16H15Cl2NO3/c1-4-22-16(21)14-13(8(2)9(3)19-15(14)20)10-5-6-11(17)12(18)7-10/h5-7H,4H2,1-3H3,(H,19,20). The van der Waals surface area contributed by atoms with Crippen LogP contribution in [-0.4, -0.2) is 17.6 Å². The number of aromatic amines is 1. The summed E-state index contributed by atoms with van der Waals surface area (Å²) in [6.07, 6.45) is 0. The fourth-order valence-electron chi connectivity index (χ4n) is 2.23.